The van der Waals surface area contributed by atoms with Crippen LogP contribution < -0.4 is 5.32 Å². The van der Waals surface area contributed by atoms with E-state index in [1.165, 1.54) is 0 Å². The predicted octanol–water partition coefficient (Wildman–Crippen LogP) is -0.316. The highest BCUT2D eigenvalue weighted by Crippen LogP contribution is 2.29. The zero-order valence-corrected chi connectivity index (χ0v) is 9.22. The lowest BCUT2D eigenvalue weighted by atomic mass is 10.0. The lowest BCUT2D eigenvalue weighted by Crippen LogP contribution is -2.49. The van der Waals surface area contributed by atoms with E-state index in [1.54, 1.807) is 0 Å². The second kappa shape index (κ2) is 5.12. The minimum absolute atomic E-state index is 0.241. The Kier molecular flexibility index (Phi) is 4.25. The third-order valence-corrected chi connectivity index (χ3v) is 2.59. The monoisotopic (exact) mass is 273 g/mol. The average Bonchev–Trinajstić information content (AvgIpc) is 2.74. The molecule has 0 aliphatic carbocycles. The highest BCUT2D eigenvalue weighted by atomic mass is 32.1. The Labute approximate surface area is 97.9 Å². The van der Waals surface area contributed by atoms with Gasteiger partial charge in [0.1, 0.15) is 5.54 Å². The molecule has 0 radical (unpaired) electrons. The molecule has 0 amide bonds. The molecule has 0 spiro atoms. The summed E-state index contributed by atoms with van der Waals surface area (Å²) in [5.41, 5.74) is -1.53. The van der Waals surface area contributed by atoms with Crippen molar-refractivity contribution in [1.82, 2.24) is 9.36 Å². The van der Waals surface area contributed by atoms with Gasteiger partial charge in [-0.3, -0.25) is 0 Å². The van der Waals surface area contributed by atoms with Crippen LogP contribution in [0.25, 0.3) is 0 Å². The van der Waals surface area contributed by atoms with E-state index >= 15 is 0 Å². The van der Waals surface area contributed by atoms with E-state index in [2.05, 4.69) is 14.7 Å². The van der Waals surface area contributed by atoms with E-state index in [0.717, 1.165) is 0 Å². The molecule has 10 heteroatoms. The molecule has 0 aliphatic heterocycles. The van der Waals surface area contributed by atoms with Crippen molar-refractivity contribution in [3.8, 4) is 0 Å². The molecule has 0 saturated carbocycles. The van der Waals surface area contributed by atoms with Gasteiger partial charge in [0.2, 0.25) is 11.0 Å². The van der Waals surface area contributed by atoms with Crippen LogP contribution in [0.4, 0.5) is 18.3 Å². The largest absolute Gasteiger partial charge is 0.452 e. The van der Waals surface area contributed by atoms with Crippen LogP contribution in [0.15, 0.2) is 0 Å². The fraction of sp³-hybridized carbons (Fsp3) is 0.714. The summed E-state index contributed by atoms with van der Waals surface area (Å²) in [5, 5.41) is 29.0. The Balaban J connectivity index is 2.85. The van der Waals surface area contributed by atoms with Crippen molar-refractivity contribution >= 4 is 16.7 Å². The van der Waals surface area contributed by atoms with Gasteiger partial charge in [0, 0.05) is 11.5 Å². The summed E-state index contributed by atoms with van der Waals surface area (Å²) in [6, 6.07) is 0. The van der Waals surface area contributed by atoms with Gasteiger partial charge in [-0.15, -0.1) is 0 Å². The van der Waals surface area contributed by atoms with Crippen molar-refractivity contribution in [2.24, 2.45) is 0 Å². The molecule has 0 atom stereocenters. The van der Waals surface area contributed by atoms with Gasteiger partial charge in [-0.25, -0.2) is 0 Å². The molecule has 1 aromatic heterocycles. The molecule has 0 unspecified atom stereocenters. The summed E-state index contributed by atoms with van der Waals surface area (Å²) in [6.07, 6.45) is -4.66. The number of nitrogens with one attached hydrogen (secondary N) is 1. The summed E-state index contributed by atoms with van der Waals surface area (Å²) in [4.78, 5) is 3.15. The Morgan fingerprint density at radius 3 is 2.00 bits per heavy atom. The van der Waals surface area contributed by atoms with E-state index < -0.39 is 37.4 Å². The second-order valence-electron chi connectivity index (χ2n) is 3.30. The quantitative estimate of drug-likeness (QED) is 0.587. The minimum atomic E-state index is -4.66. The van der Waals surface area contributed by atoms with Crippen molar-refractivity contribution in [3.05, 3.63) is 5.82 Å². The number of nitrogens with zero attached hydrogens (tertiary/aromatic N) is 2. The number of alkyl halides is 3. The summed E-state index contributed by atoms with van der Waals surface area (Å²) in [7, 11) is 0. The minimum Gasteiger partial charge on any atom is -0.394 e. The van der Waals surface area contributed by atoms with E-state index in [4.69, 9.17) is 15.3 Å². The molecule has 4 N–H and O–H groups in total. The Morgan fingerprint density at radius 2 is 1.65 bits per heavy atom. The Bertz CT molecular complexity index is 358. The number of aliphatic hydroxyl groups excluding tert-OH is 3. The maximum Gasteiger partial charge on any atom is 0.452 e. The first-order chi connectivity index (χ1) is 7.87. The molecule has 0 aliphatic rings. The fourth-order valence-electron chi connectivity index (χ4n) is 0.885. The molecular formula is C7H10F3N3O3S. The summed E-state index contributed by atoms with van der Waals surface area (Å²) in [6.45, 7) is -2.00. The number of anilines is 1. The van der Waals surface area contributed by atoms with Crippen LogP contribution >= 0.6 is 11.5 Å². The van der Waals surface area contributed by atoms with Crippen LogP contribution in [0.5, 0.6) is 0 Å². The van der Waals surface area contributed by atoms with Crippen LogP contribution in [0, 0.1) is 0 Å². The lowest BCUT2D eigenvalue weighted by molar-refractivity contribution is -0.144. The van der Waals surface area contributed by atoms with Crippen molar-refractivity contribution in [2.75, 3.05) is 25.1 Å². The molecule has 17 heavy (non-hydrogen) atoms. The molecule has 1 heterocycles. The number of halogens is 3. The zero-order valence-electron chi connectivity index (χ0n) is 8.40. The SMILES string of the molecule is OCC(CO)(CO)Nc1nc(C(F)(F)F)ns1. The standard InChI is InChI=1S/C7H10F3N3O3S/c8-7(9,10)4-11-5(17-13-4)12-6(1-14,2-15)3-16/h14-16H,1-3H2,(H,11,12,13). The third-order valence-electron chi connectivity index (χ3n) is 1.96. The Morgan fingerprint density at radius 1 is 1.12 bits per heavy atom. The van der Waals surface area contributed by atoms with Crippen molar-refractivity contribution < 1.29 is 28.5 Å². The van der Waals surface area contributed by atoms with Gasteiger partial charge in [0.25, 0.3) is 0 Å². The molecule has 6 nitrogen and oxygen atoms in total. The fourth-order valence-corrected chi connectivity index (χ4v) is 1.59. The number of aliphatic hydroxyl groups is 3. The summed E-state index contributed by atoms with van der Waals surface area (Å²) >= 11 is 0.424. The number of hydrogen-bond donors (Lipinski definition) is 4. The Hall–Kier alpha value is -0.970. The van der Waals surface area contributed by atoms with E-state index in [1.807, 2.05) is 0 Å². The van der Waals surface area contributed by atoms with Gasteiger partial charge in [0.05, 0.1) is 19.8 Å². The maximum absolute atomic E-state index is 12.2. The topological polar surface area (TPSA) is 98.5 Å². The normalized spacial score (nSPS) is 12.8. The first kappa shape index (κ1) is 14.1. The zero-order chi connectivity index (χ0) is 13.1. The van der Waals surface area contributed by atoms with E-state index in [0.29, 0.717) is 11.5 Å². The number of rotatable bonds is 5. The van der Waals surface area contributed by atoms with Gasteiger partial charge in [-0.05, 0) is 0 Å². The third kappa shape index (κ3) is 3.25. The molecule has 0 aromatic carbocycles. The van der Waals surface area contributed by atoms with Crippen LogP contribution in [0.3, 0.4) is 0 Å². The summed E-state index contributed by atoms with van der Waals surface area (Å²) < 4.78 is 39.6. The average molecular weight is 273 g/mol. The predicted molar refractivity (Wildman–Crippen MR) is 52.5 cm³/mol. The second-order valence-corrected chi connectivity index (χ2v) is 4.05. The molecule has 98 valence electrons. The van der Waals surface area contributed by atoms with Crippen molar-refractivity contribution in [1.29, 1.82) is 0 Å². The van der Waals surface area contributed by atoms with Gasteiger partial charge in [-0.1, -0.05) is 0 Å². The van der Waals surface area contributed by atoms with Gasteiger partial charge >= 0.3 is 6.18 Å². The van der Waals surface area contributed by atoms with Crippen LogP contribution in [-0.4, -0.2) is 50.0 Å². The molecule has 1 rings (SSSR count). The molecule has 0 bridgehead atoms. The van der Waals surface area contributed by atoms with Crippen LogP contribution in [0.1, 0.15) is 5.82 Å². The lowest BCUT2D eigenvalue weighted by Gasteiger charge is -2.27. The van der Waals surface area contributed by atoms with Crippen molar-refractivity contribution in [2.45, 2.75) is 11.7 Å². The summed E-state index contributed by atoms with van der Waals surface area (Å²) in [5.74, 6) is -1.31. The van der Waals surface area contributed by atoms with Crippen LogP contribution in [0.2, 0.25) is 0 Å². The highest BCUT2D eigenvalue weighted by molar-refractivity contribution is 7.09. The molecule has 1 aromatic rings. The number of hydrogen-bond acceptors (Lipinski definition) is 7. The van der Waals surface area contributed by atoms with Gasteiger partial charge < -0.3 is 20.6 Å². The van der Waals surface area contributed by atoms with Gasteiger partial charge in [0.15, 0.2) is 0 Å². The van der Waals surface area contributed by atoms with E-state index in [-0.39, 0.29) is 5.13 Å². The molecule has 0 fully saturated rings. The van der Waals surface area contributed by atoms with Gasteiger partial charge in [-0.2, -0.15) is 22.5 Å². The first-order valence-corrected chi connectivity index (χ1v) is 5.16. The van der Waals surface area contributed by atoms with E-state index in [9.17, 15) is 13.2 Å². The molecular weight excluding hydrogens is 263 g/mol. The van der Waals surface area contributed by atoms with Crippen LogP contribution in [-0.2, 0) is 6.18 Å². The first-order valence-electron chi connectivity index (χ1n) is 4.38. The highest BCUT2D eigenvalue weighted by Gasteiger charge is 2.37. The smallest absolute Gasteiger partial charge is 0.394 e. The molecule has 0 saturated heterocycles. The van der Waals surface area contributed by atoms with Crippen molar-refractivity contribution in [3.63, 3.8) is 0 Å². The maximum atomic E-state index is 12.2. The number of aromatic nitrogens is 2.